The van der Waals surface area contributed by atoms with Gasteiger partial charge in [0.2, 0.25) is 5.91 Å². The van der Waals surface area contributed by atoms with Crippen LogP contribution in [-0.4, -0.2) is 29.0 Å². The van der Waals surface area contributed by atoms with E-state index in [0.29, 0.717) is 19.6 Å². The molecule has 78 valence electrons. The van der Waals surface area contributed by atoms with E-state index in [0.717, 1.165) is 11.5 Å². The summed E-state index contributed by atoms with van der Waals surface area (Å²) < 4.78 is 0. The normalized spacial score (nSPS) is 10.1. The van der Waals surface area contributed by atoms with Crippen molar-refractivity contribution in [2.45, 2.75) is 20.4 Å². The highest BCUT2D eigenvalue weighted by Crippen LogP contribution is 1.93. The van der Waals surface area contributed by atoms with Gasteiger partial charge in [-0.05, 0) is 13.8 Å². The SMILES string of the molecule is CCNC(=O)CNCc1cnc(C)[nH]1. The van der Waals surface area contributed by atoms with Crippen molar-refractivity contribution >= 4 is 5.91 Å². The lowest BCUT2D eigenvalue weighted by Gasteiger charge is -2.02. The third-order valence-corrected chi connectivity index (χ3v) is 1.73. The first-order valence-electron chi connectivity index (χ1n) is 4.70. The number of aromatic nitrogens is 2. The second-order valence-electron chi connectivity index (χ2n) is 3.05. The third-order valence-electron chi connectivity index (χ3n) is 1.73. The van der Waals surface area contributed by atoms with Crippen molar-refractivity contribution in [1.82, 2.24) is 20.6 Å². The summed E-state index contributed by atoms with van der Waals surface area (Å²) in [7, 11) is 0. The molecule has 0 spiro atoms. The summed E-state index contributed by atoms with van der Waals surface area (Å²) in [6.45, 7) is 5.44. The zero-order valence-corrected chi connectivity index (χ0v) is 8.55. The molecule has 0 saturated heterocycles. The molecule has 0 fully saturated rings. The highest BCUT2D eigenvalue weighted by molar-refractivity contribution is 5.77. The molecule has 1 heterocycles. The first-order valence-corrected chi connectivity index (χ1v) is 4.70. The smallest absolute Gasteiger partial charge is 0.233 e. The standard InChI is InChI=1S/C9H16N4O/c1-3-11-9(14)6-10-4-8-5-12-7(2)13-8/h5,10H,3-4,6H2,1-2H3,(H,11,14)(H,12,13). The van der Waals surface area contributed by atoms with E-state index in [2.05, 4.69) is 20.6 Å². The summed E-state index contributed by atoms with van der Waals surface area (Å²) in [5.74, 6) is 0.906. The summed E-state index contributed by atoms with van der Waals surface area (Å²) in [5.41, 5.74) is 0.992. The minimum Gasteiger partial charge on any atom is -0.355 e. The molecule has 1 amide bonds. The first-order chi connectivity index (χ1) is 6.72. The molecule has 0 radical (unpaired) electrons. The van der Waals surface area contributed by atoms with Crippen LogP contribution in [0.4, 0.5) is 0 Å². The van der Waals surface area contributed by atoms with Gasteiger partial charge in [-0.25, -0.2) is 4.98 Å². The quantitative estimate of drug-likeness (QED) is 0.618. The molecule has 1 aromatic heterocycles. The molecule has 5 nitrogen and oxygen atoms in total. The molecule has 0 aliphatic carbocycles. The second kappa shape index (κ2) is 5.39. The van der Waals surface area contributed by atoms with Crippen LogP contribution >= 0.6 is 0 Å². The summed E-state index contributed by atoms with van der Waals surface area (Å²) in [5, 5.41) is 5.73. The van der Waals surface area contributed by atoms with E-state index in [1.807, 2.05) is 13.8 Å². The van der Waals surface area contributed by atoms with Crippen LogP contribution < -0.4 is 10.6 Å². The highest BCUT2D eigenvalue weighted by atomic mass is 16.1. The van der Waals surface area contributed by atoms with Crippen molar-refractivity contribution in [2.75, 3.05) is 13.1 Å². The maximum Gasteiger partial charge on any atom is 0.233 e. The number of aromatic amines is 1. The van der Waals surface area contributed by atoms with E-state index >= 15 is 0 Å². The number of nitrogens with zero attached hydrogens (tertiary/aromatic N) is 1. The number of nitrogens with one attached hydrogen (secondary N) is 3. The molecular weight excluding hydrogens is 180 g/mol. The zero-order chi connectivity index (χ0) is 10.4. The topological polar surface area (TPSA) is 69.8 Å². The lowest BCUT2D eigenvalue weighted by molar-refractivity contribution is -0.120. The number of hydrogen-bond donors (Lipinski definition) is 3. The van der Waals surface area contributed by atoms with Gasteiger partial charge in [0.25, 0.3) is 0 Å². The molecule has 1 aromatic rings. The predicted molar refractivity (Wildman–Crippen MR) is 53.7 cm³/mol. The number of hydrogen-bond acceptors (Lipinski definition) is 3. The van der Waals surface area contributed by atoms with Crippen LogP contribution in [0.5, 0.6) is 0 Å². The summed E-state index contributed by atoms with van der Waals surface area (Å²) in [6.07, 6.45) is 1.76. The van der Waals surface area contributed by atoms with Crippen molar-refractivity contribution in [3.05, 3.63) is 17.7 Å². The van der Waals surface area contributed by atoms with Gasteiger partial charge in [0.1, 0.15) is 5.82 Å². The predicted octanol–water partition coefficient (Wildman–Crippen LogP) is -0.0562. The van der Waals surface area contributed by atoms with E-state index in [9.17, 15) is 4.79 Å². The lowest BCUT2D eigenvalue weighted by Crippen LogP contribution is -2.33. The Hall–Kier alpha value is -1.36. The van der Waals surface area contributed by atoms with E-state index < -0.39 is 0 Å². The molecule has 5 heteroatoms. The molecule has 1 rings (SSSR count). The number of aryl methyl sites for hydroxylation is 1. The van der Waals surface area contributed by atoms with Crippen molar-refractivity contribution < 1.29 is 4.79 Å². The Labute approximate surface area is 83.3 Å². The Bertz CT molecular complexity index is 295. The number of rotatable bonds is 5. The molecule has 0 saturated carbocycles. The van der Waals surface area contributed by atoms with Crippen molar-refractivity contribution in [1.29, 1.82) is 0 Å². The van der Waals surface area contributed by atoms with Crippen molar-refractivity contribution in [3.63, 3.8) is 0 Å². The summed E-state index contributed by atoms with van der Waals surface area (Å²) in [6, 6.07) is 0. The molecule has 0 aliphatic heterocycles. The molecule has 0 atom stereocenters. The largest absolute Gasteiger partial charge is 0.355 e. The van der Waals surface area contributed by atoms with E-state index in [-0.39, 0.29) is 5.91 Å². The lowest BCUT2D eigenvalue weighted by atomic mass is 10.4. The minimum absolute atomic E-state index is 0.0173. The molecule has 0 bridgehead atoms. The van der Waals surface area contributed by atoms with Gasteiger partial charge >= 0.3 is 0 Å². The van der Waals surface area contributed by atoms with Gasteiger partial charge < -0.3 is 15.6 Å². The fourth-order valence-electron chi connectivity index (χ4n) is 1.13. The van der Waals surface area contributed by atoms with Crippen LogP contribution in [0.25, 0.3) is 0 Å². The second-order valence-corrected chi connectivity index (χ2v) is 3.05. The van der Waals surface area contributed by atoms with Gasteiger partial charge in [0.05, 0.1) is 6.54 Å². The third kappa shape index (κ3) is 3.57. The first kappa shape index (κ1) is 10.7. The number of imidazole rings is 1. The molecular formula is C9H16N4O. The average molecular weight is 196 g/mol. The number of carbonyl (C=O) groups is 1. The van der Waals surface area contributed by atoms with Crippen molar-refractivity contribution in [3.8, 4) is 0 Å². The molecule has 0 unspecified atom stereocenters. The van der Waals surface area contributed by atoms with Gasteiger partial charge in [-0.1, -0.05) is 0 Å². The minimum atomic E-state index is 0.0173. The molecule has 0 aromatic carbocycles. The van der Waals surface area contributed by atoms with Gasteiger partial charge in [-0.3, -0.25) is 4.79 Å². The molecule has 3 N–H and O–H groups in total. The Morgan fingerprint density at radius 2 is 2.43 bits per heavy atom. The number of H-pyrrole nitrogens is 1. The van der Waals surface area contributed by atoms with Crippen LogP contribution in [0.1, 0.15) is 18.4 Å². The van der Waals surface area contributed by atoms with Gasteiger partial charge in [0, 0.05) is 25.0 Å². The van der Waals surface area contributed by atoms with Gasteiger partial charge in [-0.15, -0.1) is 0 Å². The number of likely N-dealkylation sites (N-methyl/N-ethyl adjacent to an activating group) is 1. The Balaban J connectivity index is 2.18. The van der Waals surface area contributed by atoms with E-state index in [1.54, 1.807) is 6.20 Å². The Morgan fingerprint density at radius 1 is 1.64 bits per heavy atom. The number of amides is 1. The molecule has 0 aliphatic rings. The highest BCUT2D eigenvalue weighted by Gasteiger charge is 1.99. The van der Waals surface area contributed by atoms with Gasteiger partial charge in [0.15, 0.2) is 0 Å². The maximum atomic E-state index is 11.0. The average Bonchev–Trinajstić information content (AvgIpc) is 2.52. The number of carbonyl (C=O) groups excluding carboxylic acids is 1. The zero-order valence-electron chi connectivity index (χ0n) is 8.55. The Morgan fingerprint density at radius 3 is 3.00 bits per heavy atom. The van der Waals surface area contributed by atoms with Gasteiger partial charge in [-0.2, -0.15) is 0 Å². The molecule has 14 heavy (non-hydrogen) atoms. The van der Waals surface area contributed by atoms with Crippen LogP contribution in [-0.2, 0) is 11.3 Å². The fraction of sp³-hybridized carbons (Fsp3) is 0.556. The van der Waals surface area contributed by atoms with Crippen molar-refractivity contribution in [2.24, 2.45) is 0 Å². The van der Waals surface area contributed by atoms with Crippen LogP contribution in [0.15, 0.2) is 6.20 Å². The van der Waals surface area contributed by atoms with Crippen LogP contribution in [0, 0.1) is 6.92 Å². The van der Waals surface area contributed by atoms with E-state index in [1.165, 1.54) is 0 Å². The summed E-state index contributed by atoms with van der Waals surface area (Å²) in [4.78, 5) is 18.2. The fourth-order valence-corrected chi connectivity index (χ4v) is 1.13. The Kier molecular flexibility index (Phi) is 4.12. The van der Waals surface area contributed by atoms with E-state index in [4.69, 9.17) is 0 Å². The maximum absolute atomic E-state index is 11.0. The van der Waals surface area contributed by atoms with Crippen LogP contribution in [0.2, 0.25) is 0 Å². The summed E-state index contributed by atoms with van der Waals surface area (Å²) >= 11 is 0. The monoisotopic (exact) mass is 196 g/mol. The van der Waals surface area contributed by atoms with Crippen LogP contribution in [0.3, 0.4) is 0 Å².